The smallest absolute Gasteiger partial charge is 0.101 e. The maximum Gasteiger partial charge on any atom is 0.101 e. The van der Waals surface area contributed by atoms with Crippen molar-refractivity contribution in [3.8, 4) is 6.07 Å². The normalized spacial score (nSPS) is 9.18. The third-order valence-electron chi connectivity index (χ3n) is 1.65. The van der Waals surface area contributed by atoms with Crippen LogP contribution in [0.2, 0.25) is 0 Å². The van der Waals surface area contributed by atoms with Crippen LogP contribution in [0.4, 0.5) is 0 Å². The van der Waals surface area contributed by atoms with E-state index in [-0.39, 0.29) is 0 Å². The Kier molecular flexibility index (Phi) is 2.22. The van der Waals surface area contributed by atoms with Crippen molar-refractivity contribution in [2.75, 3.05) is 0 Å². The maximum atomic E-state index is 8.54. The van der Waals surface area contributed by atoms with Gasteiger partial charge in [0.25, 0.3) is 0 Å². The van der Waals surface area contributed by atoms with Crippen LogP contribution in [0, 0.1) is 18.3 Å². The molecule has 0 aliphatic rings. The van der Waals surface area contributed by atoms with Crippen molar-refractivity contribution in [1.82, 2.24) is 4.98 Å². The van der Waals surface area contributed by atoms with Crippen LogP contribution < -0.4 is 0 Å². The summed E-state index contributed by atoms with van der Waals surface area (Å²) >= 11 is 0. The van der Waals surface area contributed by atoms with Crippen LogP contribution in [0.5, 0.6) is 0 Å². The van der Waals surface area contributed by atoms with Crippen molar-refractivity contribution in [3.63, 3.8) is 0 Å². The van der Waals surface area contributed by atoms with E-state index in [2.05, 4.69) is 18.0 Å². The highest BCUT2D eigenvalue weighted by Gasteiger charge is 1.97. The second kappa shape index (κ2) is 3.16. The molecule has 1 rings (SSSR count). The van der Waals surface area contributed by atoms with Crippen molar-refractivity contribution in [2.45, 2.75) is 20.3 Å². The van der Waals surface area contributed by atoms with E-state index in [1.54, 1.807) is 6.20 Å². The fraction of sp³-hybridized carbons (Fsp3) is 0.333. The molecule has 0 unspecified atom stereocenters. The molecule has 0 saturated carbocycles. The van der Waals surface area contributed by atoms with Crippen molar-refractivity contribution < 1.29 is 0 Å². The van der Waals surface area contributed by atoms with E-state index >= 15 is 0 Å². The zero-order valence-corrected chi connectivity index (χ0v) is 6.76. The highest BCUT2D eigenvalue weighted by molar-refractivity contribution is 5.32. The summed E-state index contributed by atoms with van der Waals surface area (Å²) in [6.45, 7) is 4.04. The predicted molar refractivity (Wildman–Crippen MR) is 43.1 cm³/mol. The molecule has 0 amide bonds. The molecular weight excluding hydrogens is 136 g/mol. The van der Waals surface area contributed by atoms with Gasteiger partial charge in [0.1, 0.15) is 6.07 Å². The van der Waals surface area contributed by atoms with Gasteiger partial charge in [-0.15, -0.1) is 0 Å². The molecule has 1 aromatic rings. The average molecular weight is 146 g/mol. The quantitative estimate of drug-likeness (QED) is 0.606. The third kappa shape index (κ3) is 1.56. The molecular formula is C9H10N2. The molecule has 2 heteroatoms. The Morgan fingerprint density at radius 1 is 1.64 bits per heavy atom. The zero-order valence-electron chi connectivity index (χ0n) is 6.76. The van der Waals surface area contributed by atoms with Crippen LogP contribution in [-0.4, -0.2) is 4.98 Å². The minimum atomic E-state index is 0.639. The Labute approximate surface area is 66.5 Å². The number of aromatic nitrogens is 1. The second-order valence-corrected chi connectivity index (χ2v) is 2.45. The molecule has 0 spiro atoms. The van der Waals surface area contributed by atoms with Gasteiger partial charge in [-0.25, -0.2) is 0 Å². The lowest BCUT2D eigenvalue weighted by molar-refractivity contribution is 1.00. The molecule has 0 saturated heterocycles. The molecule has 11 heavy (non-hydrogen) atoms. The van der Waals surface area contributed by atoms with E-state index in [0.29, 0.717) is 5.56 Å². The number of nitriles is 1. The molecule has 0 aromatic carbocycles. The van der Waals surface area contributed by atoms with Gasteiger partial charge in [0.05, 0.1) is 5.56 Å². The lowest BCUT2D eigenvalue weighted by atomic mass is 10.1. The number of hydrogen-bond donors (Lipinski definition) is 0. The van der Waals surface area contributed by atoms with Crippen molar-refractivity contribution in [2.24, 2.45) is 0 Å². The van der Waals surface area contributed by atoms with Crippen molar-refractivity contribution in [1.29, 1.82) is 5.26 Å². The fourth-order valence-electron chi connectivity index (χ4n) is 1.03. The van der Waals surface area contributed by atoms with Crippen LogP contribution in [0.1, 0.15) is 23.7 Å². The van der Waals surface area contributed by atoms with Crippen LogP contribution in [-0.2, 0) is 6.42 Å². The topological polar surface area (TPSA) is 36.7 Å². The first kappa shape index (κ1) is 7.74. The van der Waals surface area contributed by atoms with Crippen LogP contribution in [0.15, 0.2) is 12.3 Å². The van der Waals surface area contributed by atoms with Gasteiger partial charge in [0.2, 0.25) is 0 Å². The van der Waals surface area contributed by atoms with E-state index in [1.807, 2.05) is 13.0 Å². The van der Waals surface area contributed by atoms with Gasteiger partial charge in [-0.1, -0.05) is 6.92 Å². The molecule has 56 valence electrons. The molecule has 2 nitrogen and oxygen atoms in total. The Morgan fingerprint density at radius 3 is 2.82 bits per heavy atom. The van der Waals surface area contributed by atoms with E-state index < -0.39 is 0 Å². The maximum absolute atomic E-state index is 8.54. The van der Waals surface area contributed by atoms with Gasteiger partial charge in [-0.2, -0.15) is 5.26 Å². The second-order valence-electron chi connectivity index (χ2n) is 2.45. The first-order chi connectivity index (χ1) is 5.27. The predicted octanol–water partition coefficient (Wildman–Crippen LogP) is 1.82. The SMILES string of the molecule is CCc1ncc(C#N)cc1C. The number of rotatable bonds is 1. The Morgan fingerprint density at radius 2 is 2.36 bits per heavy atom. The molecule has 1 aromatic heterocycles. The molecule has 0 radical (unpaired) electrons. The molecule has 0 atom stereocenters. The summed E-state index contributed by atoms with van der Waals surface area (Å²) in [4.78, 5) is 4.15. The summed E-state index contributed by atoms with van der Waals surface area (Å²) in [6, 6.07) is 3.92. The van der Waals surface area contributed by atoms with Crippen LogP contribution >= 0.6 is 0 Å². The summed E-state index contributed by atoms with van der Waals surface area (Å²) in [6.07, 6.45) is 2.55. The summed E-state index contributed by atoms with van der Waals surface area (Å²) < 4.78 is 0. The molecule has 0 bridgehead atoms. The number of pyridine rings is 1. The Hall–Kier alpha value is -1.36. The monoisotopic (exact) mass is 146 g/mol. The molecule has 1 heterocycles. The first-order valence-electron chi connectivity index (χ1n) is 3.63. The number of aryl methyl sites for hydroxylation is 2. The van der Waals surface area contributed by atoms with Crippen molar-refractivity contribution in [3.05, 3.63) is 29.1 Å². The standard InChI is InChI=1S/C9H10N2/c1-3-9-7(2)4-8(5-10)6-11-9/h4,6H,3H2,1-2H3. The molecule has 0 aliphatic heterocycles. The van der Waals surface area contributed by atoms with E-state index in [4.69, 9.17) is 5.26 Å². The lowest BCUT2D eigenvalue weighted by Crippen LogP contribution is -1.92. The van der Waals surface area contributed by atoms with Gasteiger partial charge in [0.15, 0.2) is 0 Å². The Bertz CT molecular complexity index is 297. The van der Waals surface area contributed by atoms with E-state index in [9.17, 15) is 0 Å². The third-order valence-corrected chi connectivity index (χ3v) is 1.65. The summed E-state index contributed by atoms with van der Waals surface area (Å²) in [5, 5.41) is 8.54. The van der Waals surface area contributed by atoms with Gasteiger partial charge >= 0.3 is 0 Å². The van der Waals surface area contributed by atoms with Gasteiger partial charge in [0, 0.05) is 11.9 Å². The largest absolute Gasteiger partial charge is 0.260 e. The minimum absolute atomic E-state index is 0.639. The van der Waals surface area contributed by atoms with Gasteiger partial charge in [-0.3, -0.25) is 4.98 Å². The highest BCUT2D eigenvalue weighted by Crippen LogP contribution is 2.06. The van der Waals surface area contributed by atoms with E-state index in [1.165, 1.54) is 0 Å². The zero-order chi connectivity index (χ0) is 8.27. The summed E-state index contributed by atoms with van der Waals surface area (Å²) in [7, 11) is 0. The molecule has 0 aliphatic carbocycles. The fourth-order valence-corrected chi connectivity index (χ4v) is 1.03. The van der Waals surface area contributed by atoms with Gasteiger partial charge < -0.3 is 0 Å². The number of hydrogen-bond acceptors (Lipinski definition) is 2. The van der Waals surface area contributed by atoms with Gasteiger partial charge in [-0.05, 0) is 25.0 Å². The van der Waals surface area contributed by atoms with Crippen LogP contribution in [0.25, 0.3) is 0 Å². The first-order valence-corrected chi connectivity index (χ1v) is 3.63. The number of nitrogens with zero attached hydrogens (tertiary/aromatic N) is 2. The van der Waals surface area contributed by atoms with Crippen molar-refractivity contribution >= 4 is 0 Å². The summed E-state index contributed by atoms with van der Waals surface area (Å²) in [5.74, 6) is 0. The average Bonchev–Trinajstić information content (AvgIpc) is 2.04. The Balaban J connectivity index is 3.12. The summed E-state index contributed by atoms with van der Waals surface area (Å²) in [5.41, 5.74) is 2.82. The van der Waals surface area contributed by atoms with Crippen LogP contribution in [0.3, 0.4) is 0 Å². The molecule has 0 N–H and O–H groups in total. The highest BCUT2D eigenvalue weighted by atomic mass is 14.7. The minimum Gasteiger partial charge on any atom is -0.260 e. The molecule has 0 fully saturated rings. The lowest BCUT2D eigenvalue weighted by Gasteiger charge is -1.99. The van der Waals surface area contributed by atoms with E-state index in [0.717, 1.165) is 17.7 Å².